The molecule has 0 aliphatic rings. The summed E-state index contributed by atoms with van der Waals surface area (Å²) in [5.74, 6) is 2.57. The Balaban J connectivity index is 2.38. The van der Waals surface area contributed by atoms with Crippen molar-refractivity contribution < 1.29 is 0 Å². The van der Waals surface area contributed by atoms with Crippen molar-refractivity contribution in [3.8, 4) is 0 Å². The van der Waals surface area contributed by atoms with Crippen LogP contribution in [0, 0.1) is 41.5 Å². The molecule has 0 aliphatic heterocycles. The third-order valence-electron chi connectivity index (χ3n) is 5.40. The molecule has 0 fully saturated rings. The van der Waals surface area contributed by atoms with Crippen LogP contribution in [0.1, 0.15) is 33.4 Å². The second-order valence-electron chi connectivity index (χ2n) is 8.25. The molecule has 134 valence electrons. The van der Waals surface area contributed by atoms with E-state index in [1.165, 1.54) is 33.4 Å². The standard InChI is InChI=1S/C25H30Ge/c1-17-8-18(2)12-23(11-17)26(7,24-13-19(3)9-20(4)14-24)25-15-21(5)10-22(6)16-25/h8-16H,1-7H3. The average Bonchev–Trinajstić information content (AvgIpc) is 2.51. The summed E-state index contributed by atoms with van der Waals surface area (Å²) < 4.78 is 4.66. The molecule has 26 heavy (non-hydrogen) atoms. The van der Waals surface area contributed by atoms with Gasteiger partial charge >= 0.3 is 162 Å². The van der Waals surface area contributed by atoms with Crippen LogP contribution in [0.25, 0.3) is 0 Å². The predicted octanol–water partition coefficient (Wildman–Crippen LogP) is 4.64. The van der Waals surface area contributed by atoms with Crippen molar-refractivity contribution in [2.45, 2.75) is 47.3 Å². The predicted molar refractivity (Wildman–Crippen MR) is 118 cm³/mol. The summed E-state index contributed by atoms with van der Waals surface area (Å²) in [6, 6.07) is 21.5. The van der Waals surface area contributed by atoms with Gasteiger partial charge in [0.25, 0.3) is 0 Å². The third kappa shape index (κ3) is 3.66. The van der Waals surface area contributed by atoms with Crippen LogP contribution in [0.3, 0.4) is 0 Å². The van der Waals surface area contributed by atoms with Gasteiger partial charge in [-0.15, -0.1) is 0 Å². The van der Waals surface area contributed by atoms with Crippen molar-refractivity contribution in [2.24, 2.45) is 0 Å². The maximum atomic E-state index is 2.57. The molecule has 0 nitrogen and oxygen atoms in total. The van der Waals surface area contributed by atoms with E-state index in [0.717, 1.165) is 0 Å². The third-order valence-corrected chi connectivity index (χ3v) is 14.5. The van der Waals surface area contributed by atoms with Crippen LogP contribution in [0.15, 0.2) is 54.6 Å². The molecule has 0 spiro atoms. The molecular weight excluding hydrogens is 373 g/mol. The molecule has 0 bridgehead atoms. The summed E-state index contributed by atoms with van der Waals surface area (Å²) in [7, 11) is 0. The molecule has 0 radical (unpaired) electrons. The first-order valence-electron chi connectivity index (χ1n) is 9.45. The molecule has 0 saturated carbocycles. The molecule has 0 aromatic heterocycles. The van der Waals surface area contributed by atoms with E-state index in [1.807, 2.05) is 0 Å². The fourth-order valence-electron chi connectivity index (χ4n) is 4.29. The zero-order valence-corrected chi connectivity index (χ0v) is 19.3. The topological polar surface area (TPSA) is 0 Å². The van der Waals surface area contributed by atoms with Crippen molar-refractivity contribution in [3.05, 3.63) is 88.0 Å². The Morgan fingerprint density at radius 1 is 0.385 bits per heavy atom. The molecule has 3 aromatic rings. The van der Waals surface area contributed by atoms with E-state index in [2.05, 4.69) is 102 Å². The van der Waals surface area contributed by atoms with Crippen LogP contribution in [-0.2, 0) is 0 Å². The molecule has 1 heteroatoms. The first-order chi connectivity index (χ1) is 12.2. The first kappa shape index (κ1) is 19.0. The van der Waals surface area contributed by atoms with Crippen LogP contribution in [0.5, 0.6) is 0 Å². The second-order valence-corrected chi connectivity index (χ2v) is 16.6. The van der Waals surface area contributed by atoms with Crippen molar-refractivity contribution in [2.75, 3.05) is 0 Å². The number of rotatable bonds is 3. The van der Waals surface area contributed by atoms with Gasteiger partial charge in [0, 0.05) is 0 Å². The summed E-state index contributed by atoms with van der Waals surface area (Å²) in [4.78, 5) is 0. The number of aryl methyl sites for hydroxylation is 6. The van der Waals surface area contributed by atoms with E-state index >= 15 is 0 Å². The molecule has 0 atom stereocenters. The van der Waals surface area contributed by atoms with Crippen LogP contribution in [0.4, 0.5) is 0 Å². The normalized spacial score (nSPS) is 11.7. The van der Waals surface area contributed by atoms with E-state index in [0.29, 0.717) is 0 Å². The summed E-state index contributed by atoms with van der Waals surface area (Å²) >= 11 is -2.73. The minimum absolute atomic E-state index is 1.37. The molecule has 3 rings (SSSR count). The zero-order chi connectivity index (χ0) is 19.1. The molecule has 0 aliphatic carbocycles. The first-order valence-corrected chi connectivity index (χ1v) is 14.7. The van der Waals surface area contributed by atoms with Gasteiger partial charge in [0.1, 0.15) is 0 Å². The fraction of sp³-hybridized carbons (Fsp3) is 0.280. The summed E-state index contributed by atoms with van der Waals surface area (Å²) in [5.41, 5.74) is 8.20. The Bertz CT molecular complexity index is 780. The molecule has 0 N–H and O–H groups in total. The van der Waals surface area contributed by atoms with E-state index < -0.39 is 13.3 Å². The zero-order valence-electron chi connectivity index (χ0n) is 17.2. The molecule has 0 saturated heterocycles. The number of benzene rings is 3. The Hall–Kier alpha value is -1.80. The van der Waals surface area contributed by atoms with Crippen LogP contribution in [-0.4, -0.2) is 13.3 Å². The van der Waals surface area contributed by atoms with Gasteiger partial charge in [0.2, 0.25) is 0 Å². The second kappa shape index (κ2) is 7.08. The van der Waals surface area contributed by atoms with Gasteiger partial charge in [0.15, 0.2) is 0 Å². The minimum atomic E-state index is -2.73. The van der Waals surface area contributed by atoms with Gasteiger partial charge in [-0.3, -0.25) is 0 Å². The van der Waals surface area contributed by atoms with Crippen LogP contribution in [0.2, 0.25) is 5.76 Å². The van der Waals surface area contributed by atoms with Gasteiger partial charge in [0.05, 0.1) is 0 Å². The van der Waals surface area contributed by atoms with Crippen molar-refractivity contribution in [1.29, 1.82) is 0 Å². The SMILES string of the molecule is Cc1cc(C)c[c]([Ge]([CH3])([c]2cc(C)cc(C)c2)[c]2cc(C)cc(C)c2)c1. The van der Waals surface area contributed by atoms with Gasteiger partial charge in [-0.25, -0.2) is 0 Å². The Morgan fingerprint density at radius 3 is 0.769 bits per heavy atom. The Labute approximate surface area is 161 Å². The van der Waals surface area contributed by atoms with E-state index in [4.69, 9.17) is 0 Å². The van der Waals surface area contributed by atoms with E-state index in [1.54, 1.807) is 13.2 Å². The van der Waals surface area contributed by atoms with Crippen molar-refractivity contribution in [1.82, 2.24) is 0 Å². The Morgan fingerprint density at radius 2 is 0.577 bits per heavy atom. The summed E-state index contributed by atoms with van der Waals surface area (Å²) in [6.07, 6.45) is 0. The number of hydrogen-bond acceptors (Lipinski definition) is 0. The molecule has 0 amide bonds. The average molecular weight is 403 g/mol. The van der Waals surface area contributed by atoms with Gasteiger partial charge < -0.3 is 0 Å². The summed E-state index contributed by atoms with van der Waals surface area (Å²) in [6.45, 7) is 13.3. The summed E-state index contributed by atoms with van der Waals surface area (Å²) in [5, 5.41) is 0. The van der Waals surface area contributed by atoms with E-state index in [-0.39, 0.29) is 0 Å². The van der Waals surface area contributed by atoms with Gasteiger partial charge in [-0.2, -0.15) is 0 Å². The van der Waals surface area contributed by atoms with Crippen LogP contribution < -0.4 is 13.2 Å². The molecular formula is C25H30Ge. The van der Waals surface area contributed by atoms with Crippen molar-refractivity contribution >= 4 is 26.5 Å². The Kier molecular flexibility index (Phi) is 5.17. The monoisotopic (exact) mass is 404 g/mol. The fourth-order valence-corrected chi connectivity index (χ4v) is 12.9. The molecule has 0 unspecified atom stereocenters. The molecule has 0 heterocycles. The van der Waals surface area contributed by atoms with Crippen LogP contribution >= 0.6 is 0 Å². The van der Waals surface area contributed by atoms with E-state index in [9.17, 15) is 0 Å². The quantitative estimate of drug-likeness (QED) is 0.560. The van der Waals surface area contributed by atoms with Gasteiger partial charge in [-0.1, -0.05) is 0 Å². The maximum absolute atomic E-state index is 2.73. The van der Waals surface area contributed by atoms with Gasteiger partial charge in [-0.05, 0) is 0 Å². The number of hydrogen-bond donors (Lipinski definition) is 0. The molecule has 3 aromatic carbocycles. The van der Waals surface area contributed by atoms with Crippen molar-refractivity contribution in [3.63, 3.8) is 0 Å².